The van der Waals surface area contributed by atoms with Gasteiger partial charge in [0.2, 0.25) is 5.91 Å². The molecular weight excluding hydrogens is 569 g/mol. The molecule has 10 heteroatoms. The van der Waals surface area contributed by atoms with Crippen molar-refractivity contribution in [2.24, 2.45) is 5.92 Å². The van der Waals surface area contributed by atoms with Gasteiger partial charge < -0.3 is 19.9 Å². The second kappa shape index (κ2) is 12.1. The van der Waals surface area contributed by atoms with Crippen LogP contribution in [0.4, 0.5) is 10.1 Å². The molecule has 3 N–H and O–H groups in total. The van der Waals surface area contributed by atoms with E-state index in [-0.39, 0.29) is 17.6 Å². The third kappa shape index (κ3) is 6.01. The average Bonchev–Trinajstić information content (AvgIpc) is 3.80. The molecule has 9 nitrogen and oxygen atoms in total. The summed E-state index contributed by atoms with van der Waals surface area (Å²) in [6, 6.07) is 16.7. The van der Waals surface area contributed by atoms with E-state index in [1.807, 2.05) is 61.5 Å². The van der Waals surface area contributed by atoms with Gasteiger partial charge in [-0.25, -0.2) is 4.39 Å². The summed E-state index contributed by atoms with van der Waals surface area (Å²) in [5.41, 5.74) is 7.03. The molecule has 1 saturated carbocycles. The van der Waals surface area contributed by atoms with Gasteiger partial charge in [0, 0.05) is 46.6 Å². The minimum atomic E-state index is -0.352. The highest BCUT2D eigenvalue weighted by Gasteiger charge is 2.23. The van der Waals surface area contributed by atoms with Gasteiger partial charge in [0.25, 0.3) is 0 Å². The Kier molecular flexibility index (Phi) is 7.72. The lowest BCUT2D eigenvalue weighted by molar-refractivity contribution is -0.119. The SMILES string of the molecule is CN(C)CCOc1cc(F)cc(-c2cccc3[nH]c(-c4n[nH]c5cnc(-c6cncc(NC(=O)C7CCCC7)c6)cc45)cc23)c1. The number of halogens is 1. The van der Waals surface area contributed by atoms with Gasteiger partial charge in [-0.05, 0) is 74.5 Å². The summed E-state index contributed by atoms with van der Waals surface area (Å²) in [6.45, 7) is 1.20. The van der Waals surface area contributed by atoms with E-state index in [1.54, 1.807) is 18.6 Å². The van der Waals surface area contributed by atoms with Crippen LogP contribution in [0.5, 0.6) is 5.75 Å². The van der Waals surface area contributed by atoms with E-state index in [4.69, 9.17) is 4.74 Å². The predicted molar refractivity (Wildman–Crippen MR) is 174 cm³/mol. The molecule has 0 saturated heterocycles. The molecular formula is C35H34FN7O2. The zero-order chi connectivity index (χ0) is 30.9. The highest BCUT2D eigenvalue weighted by Crippen LogP contribution is 2.36. The largest absolute Gasteiger partial charge is 0.492 e. The second-order valence-electron chi connectivity index (χ2n) is 11.9. The maximum absolute atomic E-state index is 14.7. The number of hydrogen-bond donors (Lipinski definition) is 3. The van der Waals surface area contributed by atoms with Gasteiger partial charge in [0.1, 0.15) is 23.9 Å². The Labute approximate surface area is 259 Å². The number of carbonyl (C=O) groups is 1. The van der Waals surface area contributed by atoms with Gasteiger partial charge >= 0.3 is 0 Å². The number of nitrogens with zero attached hydrogens (tertiary/aromatic N) is 4. The monoisotopic (exact) mass is 603 g/mol. The Morgan fingerprint density at radius 2 is 1.87 bits per heavy atom. The summed E-state index contributed by atoms with van der Waals surface area (Å²) < 4.78 is 20.5. The standard InChI is InChI=1S/C35H34FN7O2/c1-43(2)10-11-45-26-14-22(12-24(36)15-26)27-8-5-9-30-28(27)16-32(40-30)34-29-17-31(38-20-33(29)41-42-34)23-13-25(19-37-18-23)39-35(44)21-6-3-4-7-21/h5,8-9,12-21,40H,3-4,6-7,10-11H2,1-2H3,(H,39,44)(H,41,42). The topological polar surface area (TPSA) is 112 Å². The van der Waals surface area contributed by atoms with Gasteiger partial charge in [-0.1, -0.05) is 25.0 Å². The molecule has 0 atom stereocenters. The van der Waals surface area contributed by atoms with Crippen LogP contribution in [0.3, 0.4) is 0 Å². The molecule has 2 aromatic carbocycles. The number of likely N-dealkylation sites (N-methyl/N-ethyl adjacent to an activating group) is 1. The normalized spacial score (nSPS) is 13.7. The van der Waals surface area contributed by atoms with E-state index in [1.165, 1.54) is 12.1 Å². The lowest BCUT2D eigenvalue weighted by Gasteiger charge is -2.12. The molecule has 0 bridgehead atoms. The number of aromatic nitrogens is 5. The van der Waals surface area contributed by atoms with Crippen LogP contribution < -0.4 is 10.1 Å². The molecule has 6 aromatic rings. The molecule has 0 spiro atoms. The van der Waals surface area contributed by atoms with E-state index in [2.05, 4.69) is 30.5 Å². The molecule has 1 amide bonds. The first-order chi connectivity index (χ1) is 21.9. The van der Waals surface area contributed by atoms with E-state index < -0.39 is 0 Å². The number of rotatable bonds is 9. The number of anilines is 1. The predicted octanol–water partition coefficient (Wildman–Crippen LogP) is 7.04. The van der Waals surface area contributed by atoms with Crippen LogP contribution in [0.2, 0.25) is 0 Å². The summed E-state index contributed by atoms with van der Waals surface area (Å²) in [6.07, 6.45) is 9.23. The van der Waals surface area contributed by atoms with Crippen LogP contribution in [0, 0.1) is 11.7 Å². The second-order valence-corrected chi connectivity index (χ2v) is 11.9. The van der Waals surface area contributed by atoms with Crippen molar-refractivity contribution in [2.75, 3.05) is 32.6 Å². The number of H-pyrrole nitrogens is 2. The number of pyridine rings is 2. The van der Waals surface area contributed by atoms with Crippen LogP contribution in [0.1, 0.15) is 25.7 Å². The summed E-state index contributed by atoms with van der Waals surface area (Å²) in [7, 11) is 3.94. The Morgan fingerprint density at radius 1 is 1.00 bits per heavy atom. The minimum absolute atomic E-state index is 0.0523. The molecule has 7 rings (SSSR count). The Hall–Kier alpha value is -5.09. The van der Waals surface area contributed by atoms with Crippen molar-refractivity contribution in [1.29, 1.82) is 0 Å². The molecule has 1 aliphatic rings. The average molecular weight is 604 g/mol. The molecule has 1 fully saturated rings. The number of hydrogen-bond acceptors (Lipinski definition) is 6. The zero-order valence-electron chi connectivity index (χ0n) is 25.2. The van der Waals surface area contributed by atoms with E-state index in [0.717, 1.165) is 82.1 Å². The smallest absolute Gasteiger partial charge is 0.227 e. The van der Waals surface area contributed by atoms with Gasteiger partial charge in [0.05, 0.1) is 35.0 Å². The summed E-state index contributed by atoms with van der Waals surface area (Å²) >= 11 is 0. The van der Waals surface area contributed by atoms with Crippen molar-refractivity contribution >= 4 is 33.4 Å². The van der Waals surface area contributed by atoms with E-state index >= 15 is 0 Å². The van der Waals surface area contributed by atoms with E-state index in [0.29, 0.717) is 23.7 Å². The minimum Gasteiger partial charge on any atom is -0.492 e. The van der Waals surface area contributed by atoms with Crippen LogP contribution in [-0.4, -0.2) is 63.2 Å². The Bertz CT molecular complexity index is 2010. The first-order valence-electron chi connectivity index (χ1n) is 15.2. The number of amides is 1. The number of aromatic amines is 2. The van der Waals surface area contributed by atoms with Crippen LogP contribution in [-0.2, 0) is 4.79 Å². The Morgan fingerprint density at radius 3 is 2.71 bits per heavy atom. The fourth-order valence-electron chi connectivity index (χ4n) is 6.04. The molecule has 4 aromatic heterocycles. The highest BCUT2D eigenvalue weighted by atomic mass is 19.1. The first-order valence-corrected chi connectivity index (χ1v) is 15.2. The molecule has 45 heavy (non-hydrogen) atoms. The maximum Gasteiger partial charge on any atom is 0.227 e. The van der Waals surface area contributed by atoms with Gasteiger partial charge in [-0.15, -0.1) is 0 Å². The number of carbonyl (C=O) groups excluding carboxylic acids is 1. The van der Waals surface area contributed by atoms with Gasteiger partial charge in [0.15, 0.2) is 0 Å². The number of benzene rings is 2. The van der Waals surface area contributed by atoms with E-state index in [9.17, 15) is 9.18 Å². The van der Waals surface area contributed by atoms with Crippen molar-refractivity contribution in [2.45, 2.75) is 25.7 Å². The van der Waals surface area contributed by atoms with Crippen molar-refractivity contribution < 1.29 is 13.9 Å². The molecule has 228 valence electrons. The number of ether oxygens (including phenoxy) is 1. The maximum atomic E-state index is 14.7. The fraction of sp³-hybridized carbons (Fsp3) is 0.257. The van der Waals surface area contributed by atoms with Gasteiger partial charge in [-0.2, -0.15) is 5.10 Å². The first kappa shape index (κ1) is 28.7. The lowest BCUT2D eigenvalue weighted by Crippen LogP contribution is -2.20. The number of fused-ring (bicyclic) bond motifs is 2. The van der Waals surface area contributed by atoms with Crippen molar-refractivity contribution in [3.8, 4) is 39.5 Å². The molecule has 1 aliphatic carbocycles. The third-order valence-electron chi connectivity index (χ3n) is 8.38. The zero-order valence-corrected chi connectivity index (χ0v) is 25.2. The van der Waals surface area contributed by atoms with Crippen LogP contribution >= 0.6 is 0 Å². The summed E-state index contributed by atoms with van der Waals surface area (Å²) in [5.74, 6) is 0.263. The van der Waals surface area contributed by atoms with Crippen molar-refractivity contribution in [1.82, 2.24) is 30.0 Å². The molecule has 0 radical (unpaired) electrons. The summed E-state index contributed by atoms with van der Waals surface area (Å²) in [5, 5.41) is 12.6. The lowest BCUT2D eigenvalue weighted by atomic mass is 10.0. The van der Waals surface area contributed by atoms with Crippen molar-refractivity contribution in [3.63, 3.8) is 0 Å². The highest BCUT2D eigenvalue weighted by molar-refractivity contribution is 6.01. The summed E-state index contributed by atoms with van der Waals surface area (Å²) in [4.78, 5) is 27.2. The molecule has 0 unspecified atom stereocenters. The number of nitrogens with one attached hydrogen (secondary N) is 3. The molecule has 0 aliphatic heterocycles. The van der Waals surface area contributed by atoms with Crippen LogP contribution in [0.15, 0.2) is 73.2 Å². The quantitative estimate of drug-likeness (QED) is 0.163. The fourth-order valence-corrected chi connectivity index (χ4v) is 6.04. The van der Waals surface area contributed by atoms with Crippen molar-refractivity contribution in [3.05, 3.63) is 79.0 Å². The Balaban J connectivity index is 1.20. The molecule has 4 heterocycles. The van der Waals surface area contributed by atoms with Crippen LogP contribution in [0.25, 0.3) is 55.6 Å². The third-order valence-corrected chi connectivity index (χ3v) is 8.38. The van der Waals surface area contributed by atoms with Gasteiger partial charge in [-0.3, -0.25) is 19.9 Å².